The van der Waals surface area contributed by atoms with E-state index in [1.54, 1.807) is 87.0 Å². The van der Waals surface area contributed by atoms with Gasteiger partial charge in [-0.15, -0.1) is 0 Å². The molecule has 1 aliphatic rings. The number of hydrogen-bond donors (Lipinski definition) is 2. The lowest BCUT2D eigenvalue weighted by molar-refractivity contribution is -0.384. The van der Waals surface area contributed by atoms with Gasteiger partial charge in [0.25, 0.3) is 17.5 Å². The highest BCUT2D eigenvalue weighted by atomic mass is 16.6. The Morgan fingerprint density at radius 2 is 1.56 bits per heavy atom. The van der Waals surface area contributed by atoms with Gasteiger partial charge in [-0.2, -0.15) is 5.10 Å². The Hall–Kier alpha value is -6.01. The average molecular weight is 649 g/mol. The van der Waals surface area contributed by atoms with E-state index >= 15 is 0 Å². The van der Waals surface area contributed by atoms with Gasteiger partial charge in [0.1, 0.15) is 17.2 Å². The van der Waals surface area contributed by atoms with E-state index in [-0.39, 0.29) is 11.4 Å². The lowest BCUT2D eigenvalue weighted by Crippen LogP contribution is -2.46. The van der Waals surface area contributed by atoms with Gasteiger partial charge >= 0.3 is 0 Å². The van der Waals surface area contributed by atoms with Crippen molar-refractivity contribution in [1.82, 2.24) is 15.6 Å². The van der Waals surface area contributed by atoms with E-state index in [2.05, 4.69) is 25.6 Å². The number of nitro benzene ring substituents is 1. The average Bonchev–Trinajstić information content (AvgIpc) is 3.12. The molecule has 12 nitrogen and oxygen atoms in total. The number of carbonyl (C=O) groups is 2. The van der Waals surface area contributed by atoms with Crippen LogP contribution in [0.25, 0.3) is 6.08 Å². The summed E-state index contributed by atoms with van der Waals surface area (Å²) in [7, 11) is 3.19. The van der Waals surface area contributed by atoms with Crippen LogP contribution in [0.15, 0.2) is 108 Å². The van der Waals surface area contributed by atoms with Crippen LogP contribution >= 0.6 is 0 Å². The molecular formula is C36H36N6O6. The minimum atomic E-state index is -0.592. The first kappa shape index (κ1) is 33.4. The maximum Gasteiger partial charge on any atom is 0.287 e. The van der Waals surface area contributed by atoms with Crippen LogP contribution in [0.2, 0.25) is 0 Å². The first-order valence-electron chi connectivity index (χ1n) is 15.3. The molecule has 0 spiro atoms. The van der Waals surface area contributed by atoms with Crippen LogP contribution in [0.3, 0.4) is 0 Å². The van der Waals surface area contributed by atoms with E-state index in [0.717, 1.165) is 48.7 Å². The third kappa shape index (κ3) is 8.83. The molecule has 12 heteroatoms. The molecule has 4 aromatic carbocycles. The van der Waals surface area contributed by atoms with Gasteiger partial charge in [0.15, 0.2) is 0 Å². The molecule has 5 rings (SSSR count). The summed E-state index contributed by atoms with van der Waals surface area (Å²) in [6.45, 7) is 3.80. The van der Waals surface area contributed by atoms with Crippen molar-refractivity contribution in [1.29, 1.82) is 0 Å². The molecule has 1 aliphatic heterocycles. The fraction of sp³-hybridized carbons (Fsp3) is 0.194. The summed E-state index contributed by atoms with van der Waals surface area (Å²) >= 11 is 0. The second-order valence-electron chi connectivity index (χ2n) is 11.0. The zero-order valence-corrected chi connectivity index (χ0v) is 26.7. The molecular weight excluding hydrogens is 612 g/mol. The van der Waals surface area contributed by atoms with Crippen molar-refractivity contribution in [2.24, 2.45) is 5.10 Å². The van der Waals surface area contributed by atoms with E-state index < -0.39 is 16.7 Å². The largest absolute Gasteiger partial charge is 0.497 e. The van der Waals surface area contributed by atoms with Gasteiger partial charge < -0.3 is 19.7 Å². The van der Waals surface area contributed by atoms with E-state index in [1.165, 1.54) is 18.3 Å². The standard InChI is InChI=1S/C36H36N6O6/c1-47-32-15-8-26(9-16-32)23-33(38-35(43)28-6-4-3-5-7-28)36(44)39-37-24-27-10-17-34(48-2)29(22-27)25-40-18-20-41(21-19-40)30-11-13-31(14-12-30)42(45)46/h3-17,22-24H,18-21,25H2,1-2H3,(H,38,43)(H,39,44)/b33-23-,37-24+. The zero-order valence-electron chi connectivity index (χ0n) is 26.7. The predicted octanol–water partition coefficient (Wildman–Crippen LogP) is 4.86. The number of piperazine rings is 1. The number of ether oxygens (including phenoxy) is 2. The van der Waals surface area contributed by atoms with E-state index in [0.29, 0.717) is 23.4 Å². The topological polar surface area (TPSA) is 139 Å². The Kier molecular flexibility index (Phi) is 11.1. The van der Waals surface area contributed by atoms with Gasteiger partial charge in [0.2, 0.25) is 0 Å². The number of benzene rings is 4. The van der Waals surface area contributed by atoms with Gasteiger partial charge in [-0.05, 0) is 71.8 Å². The molecule has 0 saturated carbocycles. The Labute approximate surface area is 278 Å². The number of nitro groups is 1. The van der Waals surface area contributed by atoms with E-state index in [9.17, 15) is 19.7 Å². The highest BCUT2D eigenvalue weighted by Gasteiger charge is 2.20. The normalized spacial score (nSPS) is 13.6. The fourth-order valence-corrected chi connectivity index (χ4v) is 5.23. The summed E-state index contributed by atoms with van der Waals surface area (Å²) in [5, 5.41) is 17.9. The van der Waals surface area contributed by atoms with Crippen LogP contribution in [0, 0.1) is 10.1 Å². The molecule has 0 atom stereocenters. The molecule has 0 aromatic heterocycles. The number of rotatable bonds is 12. The van der Waals surface area contributed by atoms with Crippen LogP contribution < -0.4 is 25.1 Å². The molecule has 1 saturated heterocycles. The number of hydrazone groups is 1. The van der Waals surface area contributed by atoms with Crippen molar-refractivity contribution in [3.8, 4) is 11.5 Å². The second-order valence-corrected chi connectivity index (χ2v) is 11.0. The summed E-state index contributed by atoms with van der Waals surface area (Å²) in [5.74, 6) is 0.385. The molecule has 0 bridgehead atoms. The van der Waals surface area contributed by atoms with Gasteiger partial charge in [0.05, 0.1) is 25.4 Å². The Morgan fingerprint density at radius 1 is 0.875 bits per heavy atom. The Morgan fingerprint density at radius 3 is 2.21 bits per heavy atom. The molecule has 1 heterocycles. The third-order valence-electron chi connectivity index (χ3n) is 7.83. The number of nitrogens with one attached hydrogen (secondary N) is 2. The van der Waals surface area contributed by atoms with Crippen LogP contribution in [0.1, 0.15) is 27.0 Å². The number of carbonyl (C=O) groups excluding carboxylic acids is 2. The van der Waals surface area contributed by atoms with Gasteiger partial charge in [-0.1, -0.05) is 30.3 Å². The van der Waals surface area contributed by atoms with Crippen LogP contribution in [-0.4, -0.2) is 68.3 Å². The second kappa shape index (κ2) is 16.0. The van der Waals surface area contributed by atoms with Crippen molar-refractivity contribution in [2.75, 3.05) is 45.3 Å². The number of non-ortho nitro benzene ring substituents is 1. The maximum atomic E-state index is 13.2. The number of anilines is 1. The minimum Gasteiger partial charge on any atom is -0.497 e. The fourth-order valence-electron chi connectivity index (χ4n) is 5.23. The van der Waals surface area contributed by atoms with Crippen LogP contribution in [0.4, 0.5) is 11.4 Å². The van der Waals surface area contributed by atoms with Crippen LogP contribution in [0.5, 0.6) is 11.5 Å². The maximum absolute atomic E-state index is 13.2. The molecule has 1 fully saturated rings. The van der Waals surface area contributed by atoms with Crippen molar-refractivity contribution in [3.05, 3.63) is 135 Å². The Balaban J connectivity index is 1.23. The SMILES string of the molecule is COc1ccc(/C=C(\NC(=O)c2ccccc2)C(=O)N/N=C/c2ccc(OC)c(CN3CCN(c4ccc([N+](=O)[O-])cc4)CC3)c2)cc1. The van der Waals surface area contributed by atoms with E-state index in [1.807, 2.05) is 18.2 Å². The third-order valence-corrected chi connectivity index (χ3v) is 7.83. The molecule has 0 aliphatic carbocycles. The monoisotopic (exact) mass is 648 g/mol. The summed E-state index contributed by atoms with van der Waals surface area (Å²) in [6.07, 6.45) is 3.11. The van der Waals surface area contributed by atoms with Gasteiger partial charge in [-0.25, -0.2) is 5.43 Å². The number of methoxy groups -OCH3 is 2. The smallest absolute Gasteiger partial charge is 0.287 e. The quantitative estimate of drug-likeness (QED) is 0.0962. The summed E-state index contributed by atoms with van der Waals surface area (Å²) < 4.78 is 10.8. The minimum absolute atomic E-state index is 0.0226. The molecule has 2 amide bonds. The van der Waals surface area contributed by atoms with E-state index in [4.69, 9.17) is 9.47 Å². The molecule has 0 radical (unpaired) electrons. The van der Waals surface area contributed by atoms with Gasteiger partial charge in [0, 0.05) is 61.7 Å². The Bertz CT molecular complexity index is 1780. The molecule has 48 heavy (non-hydrogen) atoms. The van der Waals surface area contributed by atoms with Crippen molar-refractivity contribution >= 4 is 35.5 Å². The first-order valence-corrected chi connectivity index (χ1v) is 15.3. The highest BCUT2D eigenvalue weighted by Crippen LogP contribution is 2.24. The molecule has 2 N–H and O–H groups in total. The van der Waals surface area contributed by atoms with Crippen molar-refractivity contribution in [3.63, 3.8) is 0 Å². The lowest BCUT2D eigenvalue weighted by Gasteiger charge is -2.36. The zero-order chi connectivity index (χ0) is 33.9. The molecule has 0 unspecified atom stereocenters. The molecule has 4 aromatic rings. The number of amides is 2. The number of hydrogen-bond acceptors (Lipinski definition) is 9. The molecule has 246 valence electrons. The predicted molar refractivity (Wildman–Crippen MR) is 184 cm³/mol. The van der Waals surface area contributed by atoms with Crippen molar-refractivity contribution < 1.29 is 24.0 Å². The lowest BCUT2D eigenvalue weighted by atomic mass is 10.1. The highest BCUT2D eigenvalue weighted by molar-refractivity contribution is 6.05. The van der Waals surface area contributed by atoms with Crippen molar-refractivity contribution in [2.45, 2.75) is 6.54 Å². The summed E-state index contributed by atoms with van der Waals surface area (Å²) in [6, 6.07) is 28.0. The van der Waals surface area contributed by atoms with Gasteiger partial charge in [-0.3, -0.25) is 24.6 Å². The number of nitrogens with zero attached hydrogens (tertiary/aromatic N) is 4. The van der Waals surface area contributed by atoms with Crippen LogP contribution in [-0.2, 0) is 11.3 Å². The first-order chi connectivity index (χ1) is 23.3. The summed E-state index contributed by atoms with van der Waals surface area (Å²) in [4.78, 5) is 41.3. The summed E-state index contributed by atoms with van der Waals surface area (Å²) in [5.41, 5.74) is 6.40.